The van der Waals surface area contributed by atoms with Gasteiger partial charge in [0.1, 0.15) is 4.90 Å². The maximum absolute atomic E-state index is 13.1. The van der Waals surface area contributed by atoms with Gasteiger partial charge in [0.05, 0.1) is 22.3 Å². The van der Waals surface area contributed by atoms with Crippen molar-refractivity contribution >= 4 is 27.3 Å². The van der Waals surface area contributed by atoms with E-state index in [4.69, 9.17) is 16.9 Å². The molecule has 0 aliphatic heterocycles. The largest absolute Gasteiger partial charge is 0.279 e. The number of benzene rings is 2. The molecule has 0 aliphatic carbocycles. The summed E-state index contributed by atoms with van der Waals surface area (Å²) in [5.74, 6) is -2.27. The van der Waals surface area contributed by atoms with Crippen molar-refractivity contribution in [2.24, 2.45) is 0 Å². The zero-order valence-electron chi connectivity index (χ0n) is 10.3. The van der Waals surface area contributed by atoms with Crippen molar-refractivity contribution in [2.75, 3.05) is 4.72 Å². The molecule has 2 aromatic carbocycles. The number of nitrogens with one attached hydrogen (secondary N) is 1. The molecule has 0 heterocycles. The fourth-order valence-corrected chi connectivity index (χ4v) is 3.15. The van der Waals surface area contributed by atoms with Crippen molar-refractivity contribution in [1.82, 2.24) is 0 Å². The Morgan fingerprint density at radius 2 is 1.81 bits per heavy atom. The average molecular weight is 329 g/mol. The summed E-state index contributed by atoms with van der Waals surface area (Å²) in [4.78, 5) is -0.270. The van der Waals surface area contributed by atoms with Crippen LogP contribution >= 0.6 is 11.6 Å². The van der Waals surface area contributed by atoms with Crippen molar-refractivity contribution in [1.29, 1.82) is 5.26 Å². The lowest BCUT2D eigenvalue weighted by molar-refractivity contribution is 0.509. The van der Waals surface area contributed by atoms with Crippen LogP contribution in [0, 0.1) is 23.0 Å². The van der Waals surface area contributed by atoms with E-state index < -0.39 is 21.7 Å². The number of halogens is 3. The smallest absolute Gasteiger partial charge is 0.263 e. The molecular weight excluding hydrogens is 322 g/mol. The summed E-state index contributed by atoms with van der Waals surface area (Å²) < 4.78 is 52.2. The Bertz CT molecular complexity index is 848. The van der Waals surface area contributed by atoms with E-state index >= 15 is 0 Å². The Morgan fingerprint density at radius 3 is 2.38 bits per heavy atom. The quantitative estimate of drug-likeness (QED) is 0.939. The third-order valence-electron chi connectivity index (χ3n) is 2.52. The van der Waals surface area contributed by atoms with Gasteiger partial charge in [-0.3, -0.25) is 4.72 Å². The van der Waals surface area contributed by atoms with Gasteiger partial charge in [-0.1, -0.05) is 11.6 Å². The Labute approximate surface area is 124 Å². The molecule has 0 radical (unpaired) electrons. The van der Waals surface area contributed by atoms with Crippen LogP contribution in [0.1, 0.15) is 5.56 Å². The lowest BCUT2D eigenvalue weighted by atomic mass is 10.2. The minimum atomic E-state index is -4.08. The topological polar surface area (TPSA) is 70.0 Å². The lowest BCUT2D eigenvalue weighted by Crippen LogP contribution is -2.13. The number of rotatable bonds is 3. The molecule has 8 heteroatoms. The van der Waals surface area contributed by atoms with Crippen LogP contribution in [0.5, 0.6) is 0 Å². The van der Waals surface area contributed by atoms with Crippen molar-refractivity contribution in [3.8, 4) is 6.07 Å². The number of anilines is 1. The summed E-state index contributed by atoms with van der Waals surface area (Å²) in [5, 5.41) is 8.55. The number of nitriles is 1. The zero-order chi connectivity index (χ0) is 15.6. The highest BCUT2D eigenvalue weighted by Gasteiger charge is 2.19. The molecule has 0 atom stereocenters. The maximum Gasteiger partial charge on any atom is 0.263 e. The molecular formula is C13H7ClF2N2O2S. The Balaban J connectivity index is 2.38. The number of nitrogens with zero attached hydrogens (tertiary/aromatic N) is 1. The van der Waals surface area contributed by atoms with Crippen LogP contribution in [0.3, 0.4) is 0 Å². The van der Waals surface area contributed by atoms with Gasteiger partial charge in [-0.2, -0.15) is 5.26 Å². The van der Waals surface area contributed by atoms with Gasteiger partial charge in [-0.25, -0.2) is 17.2 Å². The molecule has 4 nitrogen and oxygen atoms in total. The van der Waals surface area contributed by atoms with E-state index in [0.29, 0.717) is 6.07 Å². The van der Waals surface area contributed by atoms with Crippen LogP contribution in [-0.2, 0) is 10.0 Å². The van der Waals surface area contributed by atoms with E-state index in [-0.39, 0.29) is 21.2 Å². The molecule has 0 aliphatic rings. The first-order chi connectivity index (χ1) is 9.83. The molecule has 2 aromatic rings. The van der Waals surface area contributed by atoms with Crippen LogP contribution < -0.4 is 4.72 Å². The summed E-state index contributed by atoms with van der Waals surface area (Å²) in [6.07, 6.45) is 0. The van der Waals surface area contributed by atoms with E-state index in [1.807, 2.05) is 6.07 Å². The van der Waals surface area contributed by atoms with Gasteiger partial charge in [0.15, 0.2) is 11.6 Å². The number of hydrogen-bond acceptors (Lipinski definition) is 3. The molecule has 0 saturated carbocycles. The molecule has 108 valence electrons. The SMILES string of the molecule is N#Cc1ccc(S(=O)(=O)Nc2ccc(F)c(F)c2)c(Cl)c1. The Hall–Kier alpha value is -2.17. The fourth-order valence-electron chi connectivity index (χ4n) is 1.56. The van der Waals surface area contributed by atoms with Crippen molar-refractivity contribution in [3.05, 3.63) is 58.6 Å². The fraction of sp³-hybridized carbons (Fsp3) is 0. The van der Waals surface area contributed by atoms with E-state index in [1.165, 1.54) is 12.1 Å². The molecule has 0 saturated heterocycles. The molecule has 0 aromatic heterocycles. The van der Waals surface area contributed by atoms with Crippen LogP contribution in [0.15, 0.2) is 41.3 Å². The molecule has 0 spiro atoms. The van der Waals surface area contributed by atoms with Crippen molar-refractivity contribution < 1.29 is 17.2 Å². The van der Waals surface area contributed by atoms with E-state index in [9.17, 15) is 17.2 Å². The predicted molar refractivity (Wildman–Crippen MR) is 73.3 cm³/mol. The van der Waals surface area contributed by atoms with Crippen LogP contribution in [-0.4, -0.2) is 8.42 Å². The highest BCUT2D eigenvalue weighted by atomic mass is 35.5. The molecule has 0 amide bonds. The highest BCUT2D eigenvalue weighted by molar-refractivity contribution is 7.92. The number of sulfonamides is 1. The Kier molecular flexibility index (Phi) is 4.11. The van der Waals surface area contributed by atoms with Crippen molar-refractivity contribution in [3.63, 3.8) is 0 Å². The van der Waals surface area contributed by atoms with E-state index in [1.54, 1.807) is 0 Å². The second-order valence-electron chi connectivity index (χ2n) is 3.99. The first-order valence-corrected chi connectivity index (χ1v) is 7.37. The van der Waals surface area contributed by atoms with Gasteiger partial charge in [0.2, 0.25) is 0 Å². The van der Waals surface area contributed by atoms with Gasteiger partial charge in [-0.05, 0) is 30.3 Å². The first kappa shape index (κ1) is 15.2. The van der Waals surface area contributed by atoms with Gasteiger partial charge in [-0.15, -0.1) is 0 Å². The lowest BCUT2D eigenvalue weighted by Gasteiger charge is -2.09. The normalized spacial score (nSPS) is 11.0. The summed E-state index contributed by atoms with van der Waals surface area (Å²) in [7, 11) is -4.08. The van der Waals surface area contributed by atoms with Crippen LogP contribution in [0.25, 0.3) is 0 Å². The monoisotopic (exact) mass is 328 g/mol. The van der Waals surface area contributed by atoms with Crippen LogP contribution in [0.2, 0.25) is 5.02 Å². The van der Waals surface area contributed by atoms with Gasteiger partial charge in [0, 0.05) is 6.07 Å². The molecule has 2 rings (SSSR count). The molecule has 1 N–H and O–H groups in total. The van der Waals surface area contributed by atoms with E-state index in [2.05, 4.69) is 4.72 Å². The second kappa shape index (κ2) is 5.68. The Morgan fingerprint density at radius 1 is 1.10 bits per heavy atom. The molecule has 0 unspecified atom stereocenters. The first-order valence-electron chi connectivity index (χ1n) is 5.51. The van der Waals surface area contributed by atoms with Gasteiger partial charge < -0.3 is 0 Å². The summed E-state index contributed by atoms with van der Waals surface area (Å²) >= 11 is 5.81. The predicted octanol–water partition coefficient (Wildman–Crippen LogP) is 3.29. The second-order valence-corrected chi connectivity index (χ2v) is 6.05. The maximum atomic E-state index is 13.1. The van der Waals surface area contributed by atoms with E-state index in [0.717, 1.165) is 18.2 Å². The number of hydrogen-bond donors (Lipinski definition) is 1. The molecule has 0 bridgehead atoms. The van der Waals surface area contributed by atoms with Crippen molar-refractivity contribution in [2.45, 2.75) is 4.90 Å². The summed E-state index contributed by atoms with van der Waals surface area (Å²) in [6.45, 7) is 0. The minimum absolute atomic E-state index is 0.144. The third-order valence-corrected chi connectivity index (χ3v) is 4.39. The van der Waals surface area contributed by atoms with Gasteiger partial charge >= 0.3 is 0 Å². The molecule has 0 fully saturated rings. The van der Waals surface area contributed by atoms with Crippen LogP contribution in [0.4, 0.5) is 14.5 Å². The average Bonchev–Trinajstić information content (AvgIpc) is 2.42. The highest BCUT2D eigenvalue weighted by Crippen LogP contribution is 2.25. The third kappa shape index (κ3) is 3.29. The standard InChI is InChI=1S/C13H7ClF2N2O2S/c14-10-5-8(7-17)1-4-13(10)21(19,20)18-9-2-3-11(15)12(16)6-9/h1-6,18H. The summed E-state index contributed by atoms with van der Waals surface area (Å²) in [5.41, 5.74) is 0.0566. The minimum Gasteiger partial charge on any atom is -0.279 e. The molecule has 21 heavy (non-hydrogen) atoms. The van der Waals surface area contributed by atoms with Gasteiger partial charge in [0.25, 0.3) is 10.0 Å². The zero-order valence-corrected chi connectivity index (χ0v) is 11.8. The summed E-state index contributed by atoms with van der Waals surface area (Å²) in [6, 6.07) is 8.04.